The molecule has 7 heteroatoms. The van der Waals surface area contributed by atoms with Gasteiger partial charge in [0.25, 0.3) is 0 Å². The molecular weight excluding hydrogens is 305 g/mol. The monoisotopic (exact) mass is 312 g/mol. The number of ketones is 1. The molecule has 1 aromatic carbocycles. The van der Waals surface area contributed by atoms with Crippen LogP contribution in [-0.4, -0.2) is 22.1 Å². The Hall–Kier alpha value is -1.24. The van der Waals surface area contributed by atoms with Crippen LogP contribution in [0.4, 0.5) is 13.2 Å². The third kappa shape index (κ3) is 3.92. The highest BCUT2D eigenvalue weighted by molar-refractivity contribution is 9.10. The van der Waals surface area contributed by atoms with Gasteiger partial charge in [-0.1, -0.05) is 15.9 Å². The topological polar surface area (TPSA) is 46.5 Å². The molecule has 0 spiro atoms. The highest BCUT2D eigenvalue weighted by Crippen LogP contribution is 2.32. The summed E-state index contributed by atoms with van der Waals surface area (Å²) in [6.07, 6.45) is -4.88. The minimum absolute atomic E-state index is 0.0985. The molecule has 1 N–H and O–H groups in total. The van der Waals surface area contributed by atoms with Crippen LogP contribution in [0.2, 0.25) is 0 Å². The number of phenols is 1. The summed E-state index contributed by atoms with van der Waals surface area (Å²) in [6.45, 7) is 1.57. The van der Waals surface area contributed by atoms with Crippen LogP contribution in [0.5, 0.6) is 11.5 Å². The van der Waals surface area contributed by atoms with Crippen molar-refractivity contribution in [3.63, 3.8) is 0 Å². The number of benzene rings is 1. The van der Waals surface area contributed by atoms with Gasteiger partial charge >= 0.3 is 6.36 Å². The van der Waals surface area contributed by atoms with Crippen molar-refractivity contribution in [1.82, 2.24) is 0 Å². The zero-order valence-electron chi connectivity index (χ0n) is 8.58. The fourth-order valence-corrected chi connectivity index (χ4v) is 1.38. The van der Waals surface area contributed by atoms with Crippen LogP contribution in [0.25, 0.3) is 0 Å². The first-order valence-corrected chi connectivity index (χ1v) is 5.39. The van der Waals surface area contributed by atoms with Gasteiger partial charge in [0.1, 0.15) is 0 Å². The van der Waals surface area contributed by atoms with Crippen LogP contribution in [0.15, 0.2) is 18.2 Å². The Balaban J connectivity index is 2.98. The van der Waals surface area contributed by atoms with Gasteiger partial charge in [-0.25, -0.2) is 0 Å². The Morgan fingerprint density at radius 1 is 1.47 bits per heavy atom. The van der Waals surface area contributed by atoms with Crippen molar-refractivity contribution < 1.29 is 27.8 Å². The highest BCUT2D eigenvalue weighted by Gasteiger charge is 2.32. The van der Waals surface area contributed by atoms with E-state index >= 15 is 0 Å². The average Bonchev–Trinajstić information content (AvgIpc) is 2.18. The molecule has 1 rings (SSSR count). The van der Waals surface area contributed by atoms with Crippen molar-refractivity contribution in [2.45, 2.75) is 18.1 Å². The van der Waals surface area contributed by atoms with E-state index in [0.717, 1.165) is 18.2 Å². The van der Waals surface area contributed by atoms with E-state index in [0.29, 0.717) is 0 Å². The van der Waals surface area contributed by atoms with Gasteiger partial charge in [-0.2, -0.15) is 0 Å². The quantitative estimate of drug-likeness (QED) is 0.688. The van der Waals surface area contributed by atoms with Gasteiger partial charge in [0.05, 0.1) is 4.83 Å². The van der Waals surface area contributed by atoms with Crippen molar-refractivity contribution in [3.8, 4) is 11.5 Å². The van der Waals surface area contributed by atoms with Crippen LogP contribution < -0.4 is 4.74 Å². The number of carbonyl (C=O) groups excluding carboxylic acids is 1. The molecule has 1 unspecified atom stereocenters. The zero-order valence-corrected chi connectivity index (χ0v) is 10.2. The summed E-state index contributed by atoms with van der Waals surface area (Å²) in [5.41, 5.74) is 0.0985. The third-order valence-corrected chi connectivity index (χ3v) is 2.25. The number of aromatic hydroxyl groups is 1. The summed E-state index contributed by atoms with van der Waals surface area (Å²) >= 11 is 3.03. The number of ether oxygens (including phenoxy) is 1. The van der Waals surface area contributed by atoms with Crippen LogP contribution >= 0.6 is 15.9 Å². The molecular formula is C10H8BrF3O3. The van der Waals surface area contributed by atoms with Gasteiger partial charge in [0.15, 0.2) is 17.3 Å². The number of alkyl halides is 4. The molecule has 0 radical (unpaired) electrons. The molecule has 0 aliphatic rings. The molecule has 1 atom stereocenters. The fourth-order valence-electron chi connectivity index (χ4n) is 1.11. The van der Waals surface area contributed by atoms with Crippen molar-refractivity contribution in [2.75, 3.05) is 0 Å². The maximum Gasteiger partial charge on any atom is 0.573 e. The molecule has 1 aromatic rings. The molecule has 0 aromatic heterocycles. The van der Waals surface area contributed by atoms with E-state index in [-0.39, 0.29) is 11.3 Å². The maximum atomic E-state index is 11.9. The Morgan fingerprint density at radius 3 is 2.47 bits per heavy atom. The predicted octanol–water partition coefficient (Wildman–Crippen LogP) is 3.26. The summed E-state index contributed by atoms with van der Waals surface area (Å²) in [5.74, 6) is -1.82. The van der Waals surface area contributed by atoms with E-state index in [1.165, 1.54) is 0 Å². The standard InChI is InChI=1S/C10H8BrF3O3/c1-5(11)9(16)6-2-3-8(7(15)4-6)17-10(12,13)14/h2-5,15H,1H3. The SMILES string of the molecule is CC(Br)C(=O)c1ccc(OC(F)(F)F)c(O)c1. The van der Waals surface area contributed by atoms with Crippen molar-refractivity contribution >= 4 is 21.7 Å². The number of halogens is 4. The lowest BCUT2D eigenvalue weighted by Gasteiger charge is -2.11. The van der Waals surface area contributed by atoms with Crippen molar-refractivity contribution in [3.05, 3.63) is 23.8 Å². The van der Waals surface area contributed by atoms with Gasteiger partial charge in [-0.15, -0.1) is 13.2 Å². The van der Waals surface area contributed by atoms with E-state index in [1.807, 2.05) is 0 Å². The second-order valence-corrected chi connectivity index (χ2v) is 4.58. The minimum atomic E-state index is -4.88. The molecule has 3 nitrogen and oxygen atoms in total. The molecule has 17 heavy (non-hydrogen) atoms. The number of phenolic OH excluding ortho intramolecular Hbond substituents is 1. The first-order valence-electron chi connectivity index (χ1n) is 4.48. The van der Waals surface area contributed by atoms with Crippen molar-refractivity contribution in [1.29, 1.82) is 0 Å². The summed E-state index contributed by atoms with van der Waals surface area (Å²) < 4.78 is 39.3. The molecule has 0 amide bonds. The summed E-state index contributed by atoms with van der Waals surface area (Å²) in [6, 6.07) is 2.98. The van der Waals surface area contributed by atoms with Gasteiger partial charge in [0.2, 0.25) is 0 Å². The van der Waals surface area contributed by atoms with Crippen LogP contribution in [0.3, 0.4) is 0 Å². The molecule has 94 valence electrons. The average molecular weight is 313 g/mol. The predicted molar refractivity (Wildman–Crippen MR) is 57.5 cm³/mol. The Bertz CT molecular complexity index is 429. The second kappa shape index (κ2) is 4.95. The number of carbonyl (C=O) groups is 1. The Labute approximate surface area is 103 Å². The van der Waals surface area contributed by atoms with E-state index in [4.69, 9.17) is 0 Å². The Kier molecular flexibility index (Phi) is 4.03. The first-order chi connectivity index (χ1) is 7.70. The molecule has 0 fully saturated rings. The molecule has 0 aliphatic heterocycles. The van der Waals surface area contributed by atoms with E-state index in [1.54, 1.807) is 6.92 Å². The van der Waals surface area contributed by atoms with Crippen molar-refractivity contribution in [2.24, 2.45) is 0 Å². The maximum absolute atomic E-state index is 11.9. The number of Topliss-reactive ketones (excluding diaryl/α,β-unsaturated/α-hetero) is 1. The number of hydrogen-bond acceptors (Lipinski definition) is 3. The van der Waals surface area contributed by atoms with Gasteiger partial charge < -0.3 is 9.84 Å². The van der Waals surface area contributed by atoms with E-state index in [9.17, 15) is 23.1 Å². The fraction of sp³-hybridized carbons (Fsp3) is 0.300. The van der Waals surface area contributed by atoms with Gasteiger partial charge in [-0.3, -0.25) is 4.79 Å². The molecule has 0 heterocycles. The van der Waals surface area contributed by atoms with Crippen LogP contribution in [-0.2, 0) is 0 Å². The lowest BCUT2D eigenvalue weighted by molar-refractivity contribution is -0.275. The largest absolute Gasteiger partial charge is 0.573 e. The minimum Gasteiger partial charge on any atom is -0.504 e. The third-order valence-electron chi connectivity index (χ3n) is 1.83. The summed E-state index contributed by atoms with van der Waals surface area (Å²) in [5, 5.41) is 9.29. The summed E-state index contributed by atoms with van der Waals surface area (Å²) in [7, 11) is 0. The molecule has 0 saturated heterocycles. The molecule has 0 aliphatic carbocycles. The first kappa shape index (κ1) is 13.8. The lowest BCUT2D eigenvalue weighted by atomic mass is 10.1. The van der Waals surface area contributed by atoms with E-state index < -0.39 is 22.7 Å². The smallest absolute Gasteiger partial charge is 0.504 e. The molecule has 0 saturated carbocycles. The Morgan fingerprint density at radius 2 is 2.06 bits per heavy atom. The summed E-state index contributed by atoms with van der Waals surface area (Å²) in [4.78, 5) is 11.0. The van der Waals surface area contributed by atoms with E-state index in [2.05, 4.69) is 20.7 Å². The number of rotatable bonds is 3. The highest BCUT2D eigenvalue weighted by atomic mass is 79.9. The number of hydrogen-bond donors (Lipinski definition) is 1. The van der Waals surface area contributed by atoms with Gasteiger partial charge in [-0.05, 0) is 25.1 Å². The zero-order chi connectivity index (χ0) is 13.2. The lowest BCUT2D eigenvalue weighted by Crippen LogP contribution is -2.17. The molecule has 0 bridgehead atoms. The van der Waals surface area contributed by atoms with Crippen LogP contribution in [0, 0.1) is 0 Å². The second-order valence-electron chi connectivity index (χ2n) is 3.21. The normalized spacial score (nSPS) is 13.2. The van der Waals surface area contributed by atoms with Crippen LogP contribution in [0.1, 0.15) is 17.3 Å². The van der Waals surface area contributed by atoms with Gasteiger partial charge in [0, 0.05) is 5.56 Å².